The van der Waals surface area contributed by atoms with Crippen molar-refractivity contribution in [3.05, 3.63) is 20.3 Å². The standard InChI is InChI=1S/C9H12BrNO2S/c1-5-4-6(10)9(14-5)7(11)2-3-8(12)13/h4,7H,2-3,11H2,1H3,(H,12,13). The lowest BCUT2D eigenvalue weighted by molar-refractivity contribution is -0.137. The molecule has 3 nitrogen and oxygen atoms in total. The van der Waals surface area contributed by atoms with Crippen LogP contribution in [0.15, 0.2) is 10.5 Å². The van der Waals surface area contributed by atoms with E-state index in [0.29, 0.717) is 6.42 Å². The van der Waals surface area contributed by atoms with Gasteiger partial charge in [0, 0.05) is 26.7 Å². The summed E-state index contributed by atoms with van der Waals surface area (Å²) in [7, 11) is 0. The van der Waals surface area contributed by atoms with E-state index in [9.17, 15) is 4.79 Å². The Labute approximate surface area is 95.1 Å². The second-order valence-electron chi connectivity index (χ2n) is 3.11. The third-order valence-electron chi connectivity index (χ3n) is 1.84. The SMILES string of the molecule is Cc1cc(Br)c(C(N)CCC(=O)O)s1. The Bertz CT molecular complexity index is 338. The number of hydrogen-bond donors (Lipinski definition) is 2. The first-order chi connectivity index (χ1) is 6.50. The van der Waals surface area contributed by atoms with Gasteiger partial charge in [-0.2, -0.15) is 0 Å². The summed E-state index contributed by atoms with van der Waals surface area (Å²) in [5.41, 5.74) is 5.87. The molecular formula is C9H12BrNO2S. The predicted molar refractivity (Wildman–Crippen MR) is 60.6 cm³/mol. The highest BCUT2D eigenvalue weighted by atomic mass is 79.9. The molecule has 0 saturated carbocycles. The van der Waals surface area contributed by atoms with E-state index in [1.165, 1.54) is 4.88 Å². The number of halogens is 1. The Morgan fingerprint density at radius 1 is 1.79 bits per heavy atom. The molecule has 1 unspecified atom stereocenters. The van der Waals surface area contributed by atoms with Crippen LogP contribution in [0.4, 0.5) is 0 Å². The molecular weight excluding hydrogens is 266 g/mol. The Morgan fingerprint density at radius 2 is 2.43 bits per heavy atom. The van der Waals surface area contributed by atoms with Gasteiger partial charge >= 0.3 is 5.97 Å². The number of carbonyl (C=O) groups is 1. The minimum absolute atomic E-state index is 0.116. The quantitative estimate of drug-likeness (QED) is 0.890. The summed E-state index contributed by atoms with van der Waals surface area (Å²) in [5.74, 6) is -0.801. The molecule has 0 bridgehead atoms. The third-order valence-corrected chi connectivity index (χ3v) is 3.94. The van der Waals surface area contributed by atoms with Gasteiger partial charge in [0.25, 0.3) is 0 Å². The lowest BCUT2D eigenvalue weighted by atomic mass is 10.1. The Hall–Kier alpha value is -0.390. The maximum Gasteiger partial charge on any atom is 0.303 e. The van der Waals surface area contributed by atoms with Gasteiger partial charge in [0.2, 0.25) is 0 Å². The number of nitrogens with two attached hydrogens (primary N) is 1. The van der Waals surface area contributed by atoms with E-state index in [4.69, 9.17) is 10.8 Å². The van der Waals surface area contributed by atoms with Crippen molar-refractivity contribution in [1.29, 1.82) is 0 Å². The molecule has 3 N–H and O–H groups in total. The predicted octanol–water partition coefficient (Wildman–Crippen LogP) is 2.68. The van der Waals surface area contributed by atoms with Gasteiger partial charge in [-0.3, -0.25) is 4.79 Å². The van der Waals surface area contributed by atoms with Crippen LogP contribution in [-0.4, -0.2) is 11.1 Å². The zero-order valence-corrected chi connectivity index (χ0v) is 10.2. The summed E-state index contributed by atoms with van der Waals surface area (Å²) in [6.07, 6.45) is 0.596. The van der Waals surface area contributed by atoms with Gasteiger partial charge in [-0.05, 0) is 35.3 Å². The van der Waals surface area contributed by atoms with E-state index in [-0.39, 0.29) is 12.5 Å². The summed E-state index contributed by atoms with van der Waals surface area (Å²) in [6.45, 7) is 2.00. The highest BCUT2D eigenvalue weighted by molar-refractivity contribution is 9.10. The maximum absolute atomic E-state index is 10.4. The van der Waals surface area contributed by atoms with Crippen LogP contribution in [0.1, 0.15) is 28.6 Å². The summed E-state index contributed by atoms with van der Waals surface area (Å²) < 4.78 is 0.984. The Kier molecular flexibility index (Phi) is 4.10. The molecule has 1 aromatic rings. The van der Waals surface area contributed by atoms with Crippen LogP contribution in [0.2, 0.25) is 0 Å². The summed E-state index contributed by atoms with van der Waals surface area (Å²) >= 11 is 5.02. The van der Waals surface area contributed by atoms with E-state index in [0.717, 1.165) is 9.35 Å². The number of hydrogen-bond acceptors (Lipinski definition) is 3. The number of carboxylic acids is 1. The second-order valence-corrected chi connectivity index (χ2v) is 5.25. The molecule has 0 amide bonds. The van der Waals surface area contributed by atoms with Crippen LogP contribution in [0.5, 0.6) is 0 Å². The fourth-order valence-corrected chi connectivity index (χ4v) is 3.15. The van der Waals surface area contributed by atoms with E-state index >= 15 is 0 Å². The average molecular weight is 278 g/mol. The number of thiophene rings is 1. The van der Waals surface area contributed by atoms with Gasteiger partial charge in [0.05, 0.1) is 0 Å². The number of carboxylic acid groups (broad SMARTS) is 1. The van der Waals surface area contributed by atoms with Gasteiger partial charge < -0.3 is 10.8 Å². The minimum atomic E-state index is -0.801. The molecule has 0 aromatic carbocycles. The van der Waals surface area contributed by atoms with Crippen molar-refractivity contribution in [3.63, 3.8) is 0 Å². The van der Waals surface area contributed by atoms with Gasteiger partial charge in [0.15, 0.2) is 0 Å². The van der Waals surface area contributed by atoms with Crippen LogP contribution in [-0.2, 0) is 4.79 Å². The zero-order chi connectivity index (χ0) is 10.7. The van der Waals surface area contributed by atoms with Gasteiger partial charge in [0.1, 0.15) is 0 Å². The third kappa shape index (κ3) is 3.08. The van der Waals surface area contributed by atoms with E-state index in [1.807, 2.05) is 13.0 Å². The highest BCUT2D eigenvalue weighted by Crippen LogP contribution is 2.32. The molecule has 1 heterocycles. The van der Waals surface area contributed by atoms with Crippen molar-refractivity contribution < 1.29 is 9.90 Å². The van der Waals surface area contributed by atoms with Crippen LogP contribution < -0.4 is 5.73 Å². The van der Waals surface area contributed by atoms with E-state index in [2.05, 4.69) is 15.9 Å². The summed E-state index contributed by atoms with van der Waals surface area (Å²) in [5, 5.41) is 8.52. The number of rotatable bonds is 4. The van der Waals surface area contributed by atoms with Crippen molar-refractivity contribution in [2.45, 2.75) is 25.8 Å². The van der Waals surface area contributed by atoms with E-state index in [1.54, 1.807) is 11.3 Å². The topological polar surface area (TPSA) is 63.3 Å². The molecule has 0 radical (unpaired) electrons. The second kappa shape index (κ2) is 4.91. The highest BCUT2D eigenvalue weighted by Gasteiger charge is 2.14. The van der Waals surface area contributed by atoms with Gasteiger partial charge in [-0.1, -0.05) is 0 Å². The fourth-order valence-electron chi connectivity index (χ4n) is 1.16. The summed E-state index contributed by atoms with van der Waals surface area (Å²) in [4.78, 5) is 12.6. The van der Waals surface area contributed by atoms with Crippen molar-refractivity contribution in [3.8, 4) is 0 Å². The normalized spacial score (nSPS) is 12.8. The molecule has 5 heteroatoms. The molecule has 78 valence electrons. The van der Waals surface area contributed by atoms with Gasteiger partial charge in [-0.25, -0.2) is 0 Å². The van der Waals surface area contributed by atoms with Crippen LogP contribution in [0, 0.1) is 6.92 Å². The lowest BCUT2D eigenvalue weighted by Gasteiger charge is -2.08. The Morgan fingerprint density at radius 3 is 2.86 bits per heavy atom. The molecule has 0 saturated heterocycles. The first kappa shape index (κ1) is 11.7. The van der Waals surface area contributed by atoms with Crippen LogP contribution >= 0.6 is 27.3 Å². The zero-order valence-electron chi connectivity index (χ0n) is 7.79. The van der Waals surface area contributed by atoms with Crippen molar-refractivity contribution in [1.82, 2.24) is 0 Å². The first-order valence-corrected chi connectivity index (χ1v) is 5.85. The monoisotopic (exact) mass is 277 g/mol. The summed E-state index contributed by atoms with van der Waals surface area (Å²) in [6, 6.07) is 1.82. The van der Waals surface area contributed by atoms with Crippen molar-refractivity contribution in [2.75, 3.05) is 0 Å². The molecule has 0 aliphatic carbocycles. The van der Waals surface area contributed by atoms with Crippen LogP contribution in [0.25, 0.3) is 0 Å². The van der Waals surface area contributed by atoms with Crippen molar-refractivity contribution >= 4 is 33.2 Å². The Balaban J connectivity index is 2.64. The fraction of sp³-hybridized carbons (Fsp3) is 0.444. The molecule has 1 rings (SSSR count). The molecule has 0 aliphatic rings. The molecule has 14 heavy (non-hydrogen) atoms. The maximum atomic E-state index is 10.4. The molecule has 1 aromatic heterocycles. The average Bonchev–Trinajstić information content (AvgIpc) is 2.41. The number of aliphatic carboxylic acids is 1. The van der Waals surface area contributed by atoms with Crippen LogP contribution in [0.3, 0.4) is 0 Å². The molecule has 0 spiro atoms. The minimum Gasteiger partial charge on any atom is -0.481 e. The number of aryl methyl sites for hydroxylation is 1. The molecule has 0 aliphatic heterocycles. The first-order valence-electron chi connectivity index (χ1n) is 4.24. The van der Waals surface area contributed by atoms with Gasteiger partial charge in [-0.15, -0.1) is 11.3 Å². The largest absolute Gasteiger partial charge is 0.481 e. The lowest BCUT2D eigenvalue weighted by Crippen LogP contribution is -2.11. The van der Waals surface area contributed by atoms with Crippen molar-refractivity contribution in [2.24, 2.45) is 5.73 Å². The molecule has 1 atom stereocenters. The molecule has 0 fully saturated rings. The van der Waals surface area contributed by atoms with E-state index < -0.39 is 5.97 Å². The smallest absolute Gasteiger partial charge is 0.303 e.